The molecule has 0 aromatic rings. The van der Waals surface area contributed by atoms with Gasteiger partial charge in [0.25, 0.3) is 0 Å². The van der Waals surface area contributed by atoms with Crippen LogP contribution in [0.5, 0.6) is 0 Å². The first-order valence-corrected chi connectivity index (χ1v) is 3.27. The fourth-order valence-electron chi connectivity index (χ4n) is 0.515. The zero-order chi connectivity index (χ0) is 6.24. The van der Waals surface area contributed by atoms with Gasteiger partial charge in [-0.2, -0.15) is 0 Å². The molecule has 0 amide bonds. The lowest BCUT2D eigenvalue weighted by Crippen LogP contribution is -2.25. The van der Waals surface area contributed by atoms with Crippen LogP contribution >= 0.6 is 0 Å². The molecule has 0 fully saturated rings. The Balaban J connectivity index is 2.53. The van der Waals surface area contributed by atoms with Crippen molar-refractivity contribution in [3.05, 3.63) is 0 Å². The molecule has 0 aromatic heterocycles. The van der Waals surface area contributed by atoms with Gasteiger partial charge in [0.05, 0.1) is 0 Å². The van der Waals surface area contributed by atoms with Gasteiger partial charge in [0.2, 0.25) is 0 Å². The lowest BCUT2D eigenvalue weighted by Gasteiger charge is -1.99. The summed E-state index contributed by atoms with van der Waals surface area (Å²) in [6.45, 7) is 5.47. The molecule has 0 bridgehead atoms. The standard InChI is InChI=1S/C5H15BN2/c1-2-3-7-4-5-8-6/h7-8H,2-6H2,1H3. The fraction of sp³-hybridized carbons (Fsp3) is 1.00. The molecular formula is C5H15BN2. The lowest BCUT2D eigenvalue weighted by atomic mass is 10.4. The molecule has 0 aliphatic carbocycles. The third kappa shape index (κ3) is 5.98. The van der Waals surface area contributed by atoms with Gasteiger partial charge in [0.15, 0.2) is 7.98 Å². The molecular weight excluding hydrogens is 98.9 g/mol. The molecule has 2 nitrogen and oxygen atoms in total. The van der Waals surface area contributed by atoms with Crippen molar-refractivity contribution < 1.29 is 0 Å². The van der Waals surface area contributed by atoms with Crippen LogP contribution in [0.15, 0.2) is 0 Å². The van der Waals surface area contributed by atoms with Crippen molar-refractivity contribution in [3.8, 4) is 0 Å². The van der Waals surface area contributed by atoms with Gasteiger partial charge in [-0.05, 0) is 19.5 Å². The van der Waals surface area contributed by atoms with E-state index in [1.165, 1.54) is 6.42 Å². The Hall–Kier alpha value is -0.0151. The average molecular weight is 114 g/mol. The maximum Gasteiger partial charge on any atom is 0.181 e. The summed E-state index contributed by atoms with van der Waals surface area (Å²) in [5.41, 5.74) is 0. The summed E-state index contributed by atoms with van der Waals surface area (Å²) < 4.78 is 0. The Morgan fingerprint density at radius 2 is 2.00 bits per heavy atom. The van der Waals surface area contributed by atoms with E-state index in [1.54, 1.807) is 0 Å². The Bertz CT molecular complexity index is 35.4. The van der Waals surface area contributed by atoms with Crippen molar-refractivity contribution in [2.75, 3.05) is 19.6 Å². The van der Waals surface area contributed by atoms with Crippen LogP contribution in [0.2, 0.25) is 0 Å². The van der Waals surface area contributed by atoms with Crippen LogP contribution in [-0.4, -0.2) is 27.6 Å². The molecule has 0 aromatic carbocycles. The first-order valence-electron chi connectivity index (χ1n) is 3.27. The third-order valence-electron chi connectivity index (χ3n) is 0.979. The van der Waals surface area contributed by atoms with E-state index in [-0.39, 0.29) is 0 Å². The predicted molar refractivity (Wildman–Crippen MR) is 39.7 cm³/mol. The van der Waals surface area contributed by atoms with Crippen molar-refractivity contribution in [3.63, 3.8) is 0 Å². The second kappa shape index (κ2) is 6.98. The molecule has 0 heterocycles. The van der Waals surface area contributed by atoms with E-state index in [9.17, 15) is 0 Å². The fourth-order valence-corrected chi connectivity index (χ4v) is 0.515. The van der Waals surface area contributed by atoms with Crippen molar-refractivity contribution in [2.24, 2.45) is 0 Å². The van der Waals surface area contributed by atoms with Crippen molar-refractivity contribution in [1.29, 1.82) is 0 Å². The highest BCUT2D eigenvalue weighted by Crippen LogP contribution is 1.66. The van der Waals surface area contributed by atoms with E-state index < -0.39 is 0 Å². The zero-order valence-corrected chi connectivity index (χ0v) is 5.83. The zero-order valence-electron chi connectivity index (χ0n) is 5.83. The molecule has 48 valence electrons. The molecule has 8 heavy (non-hydrogen) atoms. The van der Waals surface area contributed by atoms with E-state index in [0.717, 1.165) is 19.6 Å². The Kier molecular flexibility index (Phi) is 6.97. The molecule has 0 unspecified atom stereocenters. The summed E-state index contributed by atoms with van der Waals surface area (Å²) in [4.78, 5) is 0. The van der Waals surface area contributed by atoms with Crippen molar-refractivity contribution in [1.82, 2.24) is 10.5 Å². The lowest BCUT2D eigenvalue weighted by molar-refractivity contribution is 0.665. The first-order chi connectivity index (χ1) is 3.91. The van der Waals surface area contributed by atoms with Crippen LogP contribution < -0.4 is 10.5 Å². The van der Waals surface area contributed by atoms with Gasteiger partial charge in [-0.25, -0.2) is 0 Å². The average Bonchev–Trinajstić information content (AvgIpc) is 1.81. The normalized spacial score (nSPS) is 9.62. The third-order valence-corrected chi connectivity index (χ3v) is 0.979. The molecule has 0 saturated heterocycles. The van der Waals surface area contributed by atoms with Crippen molar-refractivity contribution in [2.45, 2.75) is 13.3 Å². The minimum Gasteiger partial charge on any atom is -0.361 e. The highest BCUT2D eigenvalue weighted by atomic mass is 14.9. The molecule has 0 spiro atoms. The second-order valence-electron chi connectivity index (χ2n) is 1.85. The summed E-state index contributed by atoms with van der Waals surface area (Å²) in [7, 11) is 1.97. The first kappa shape index (κ1) is 7.98. The van der Waals surface area contributed by atoms with Gasteiger partial charge in [-0.3, -0.25) is 0 Å². The van der Waals surface area contributed by atoms with Crippen LogP contribution in [0.3, 0.4) is 0 Å². The van der Waals surface area contributed by atoms with Gasteiger partial charge in [-0.15, -0.1) is 0 Å². The Morgan fingerprint density at radius 3 is 2.50 bits per heavy atom. The number of hydrogen-bond donors (Lipinski definition) is 2. The molecule has 0 aliphatic heterocycles. The molecule has 0 radical (unpaired) electrons. The smallest absolute Gasteiger partial charge is 0.181 e. The highest BCUT2D eigenvalue weighted by molar-refractivity contribution is 6.04. The minimum atomic E-state index is 1.07. The monoisotopic (exact) mass is 114 g/mol. The summed E-state index contributed by atoms with van der Waals surface area (Å²) in [5.74, 6) is 0. The van der Waals surface area contributed by atoms with Gasteiger partial charge >= 0.3 is 0 Å². The second-order valence-corrected chi connectivity index (χ2v) is 1.85. The summed E-state index contributed by atoms with van der Waals surface area (Å²) in [5, 5.41) is 6.34. The largest absolute Gasteiger partial charge is 0.361 e. The topological polar surface area (TPSA) is 24.1 Å². The van der Waals surface area contributed by atoms with E-state index in [0.29, 0.717) is 0 Å². The molecule has 0 aliphatic rings. The highest BCUT2D eigenvalue weighted by Gasteiger charge is 1.79. The number of rotatable bonds is 5. The Morgan fingerprint density at radius 1 is 1.25 bits per heavy atom. The maximum absolute atomic E-state index is 3.27. The van der Waals surface area contributed by atoms with E-state index in [2.05, 4.69) is 17.5 Å². The van der Waals surface area contributed by atoms with Crippen LogP contribution in [0.4, 0.5) is 0 Å². The molecule has 0 saturated carbocycles. The van der Waals surface area contributed by atoms with E-state index >= 15 is 0 Å². The van der Waals surface area contributed by atoms with Crippen LogP contribution in [0.1, 0.15) is 13.3 Å². The van der Waals surface area contributed by atoms with Crippen molar-refractivity contribution >= 4 is 7.98 Å². The summed E-state index contributed by atoms with van der Waals surface area (Å²) >= 11 is 0. The molecule has 0 rings (SSSR count). The van der Waals surface area contributed by atoms with Crippen LogP contribution in [-0.2, 0) is 0 Å². The molecule has 2 N–H and O–H groups in total. The Labute approximate surface area is 52.5 Å². The van der Waals surface area contributed by atoms with Gasteiger partial charge in [-0.1, -0.05) is 6.92 Å². The van der Waals surface area contributed by atoms with E-state index in [1.807, 2.05) is 7.98 Å². The summed E-state index contributed by atoms with van der Waals surface area (Å²) in [6, 6.07) is 0. The molecule has 0 atom stereocenters. The molecule has 3 heteroatoms. The van der Waals surface area contributed by atoms with E-state index in [4.69, 9.17) is 0 Å². The predicted octanol–water partition coefficient (Wildman–Crippen LogP) is -0.876. The van der Waals surface area contributed by atoms with Gasteiger partial charge in [0.1, 0.15) is 0 Å². The van der Waals surface area contributed by atoms with Crippen LogP contribution in [0.25, 0.3) is 0 Å². The van der Waals surface area contributed by atoms with Gasteiger partial charge in [0, 0.05) is 6.54 Å². The maximum atomic E-state index is 3.27. The number of hydrogen-bond acceptors (Lipinski definition) is 2. The minimum absolute atomic E-state index is 1.07. The quantitative estimate of drug-likeness (QED) is 0.358. The number of nitrogens with one attached hydrogen (secondary N) is 2. The summed E-state index contributed by atoms with van der Waals surface area (Å²) in [6.07, 6.45) is 1.23. The van der Waals surface area contributed by atoms with Crippen LogP contribution in [0, 0.1) is 0 Å². The van der Waals surface area contributed by atoms with Gasteiger partial charge < -0.3 is 10.5 Å². The SMILES string of the molecule is BNCCNCCC.